The van der Waals surface area contributed by atoms with Crippen LogP contribution in [0.3, 0.4) is 0 Å². The summed E-state index contributed by atoms with van der Waals surface area (Å²) in [6.45, 7) is 11.8. The van der Waals surface area contributed by atoms with Crippen molar-refractivity contribution in [2.75, 3.05) is 51.6 Å². The van der Waals surface area contributed by atoms with Gasteiger partial charge in [-0.2, -0.15) is 0 Å². The van der Waals surface area contributed by atoms with Gasteiger partial charge >= 0.3 is 0 Å². The average molecular weight is 560 g/mol. The molecule has 196 valence electrons. The first-order valence-corrected chi connectivity index (χ1v) is 13.2. The highest BCUT2D eigenvalue weighted by Crippen LogP contribution is 2.35. The monoisotopic (exact) mass is 558 g/mol. The third-order valence-electron chi connectivity index (χ3n) is 6.27. The van der Waals surface area contributed by atoms with Gasteiger partial charge in [-0.25, -0.2) is 0 Å². The Balaban J connectivity index is 0.000000292. The minimum Gasteiger partial charge on any atom is -0.398 e. The number of nitrogen functional groups attached to an aromatic ring is 1. The second-order valence-corrected chi connectivity index (χ2v) is 9.68. The fraction of sp³-hybridized carbons (Fsp3) is 0.429. The van der Waals surface area contributed by atoms with Crippen molar-refractivity contribution in [3.8, 4) is 0 Å². The molecular formula is C28H39BrN4O3. The van der Waals surface area contributed by atoms with E-state index in [1.165, 1.54) is 11.1 Å². The van der Waals surface area contributed by atoms with Gasteiger partial charge in [0, 0.05) is 55.1 Å². The summed E-state index contributed by atoms with van der Waals surface area (Å²) < 4.78 is 1.01. The summed E-state index contributed by atoms with van der Waals surface area (Å²) in [7, 11) is 0. The smallest absolute Gasteiger partial charge is 0.210 e. The molecule has 4 rings (SSSR count). The van der Waals surface area contributed by atoms with Crippen LogP contribution in [-0.4, -0.2) is 78.5 Å². The largest absolute Gasteiger partial charge is 0.398 e. The topological polar surface area (TPSA) is 90.1 Å². The predicted molar refractivity (Wildman–Crippen MR) is 150 cm³/mol. The zero-order valence-corrected chi connectivity index (χ0v) is 23.2. The highest BCUT2D eigenvalue weighted by molar-refractivity contribution is 9.10. The van der Waals surface area contributed by atoms with Gasteiger partial charge in [0.2, 0.25) is 12.8 Å². The van der Waals surface area contributed by atoms with Crippen molar-refractivity contribution in [2.24, 2.45) is 0 Å². The first-order chi connectivity index (χ1) is 17.4. The highest BCUT2D eigenvalue weighted by atomic mass is 79.9. The molecule has 2 aromatic carbocycles. The number of benzene rings is 2. The Bertz CT molecular complexity index is 989. The maximum Gasteiger partial charge on any atom is 0.210 e. The van der Waals surface area contributed by atoms with Crippen molar-refractivity contribution in [1.82, 2.24) is 14.7 Å². The van der Waals surface area contributed by atoms with Crippen LogP contribution in [0.1, 0.15) is 43.0 Å². The number of nitrogens with two attached hydrogens (primary N) is 1. The van der Waals surface area contributed by atoms with Gasteiger partial charge in [-0.15, -0.1) is 0 Å². The summed E-state index contributed by atoms with van der Waals surface area (Å²) >= 11 is 3.51. The molecule has 1 saturated heterocycles. The molecular weight excluding hydrogens is 520 g/mol. The van der Waals surface area contributed by atoms with Crippen molar-refractivity contribution < 1.29 is 14.7 Å². The van der Waals surface area contributed by atoms with Crippen molar-refractivity contribution in [3.63, 3.8) is 0 Å². The molecule has 7 nitrogen and oxygen atoms in total. The number of aliphatic hydroxyl groups is 1. The van der Waals surface area contributed by atoms with E-state index < -0.39 is 0 Å². The van der Waals surface area contributed by atoms with Crippen molar-refractivity contribution in [2.45, 2.75) is 33.2 Å². The summed E-state index contributed by atoms with van der Waals surface area (Å²) in [5.74, 6) is 0. The highest BCUT2D eigenvalue weighted by Gasteiger charge is 2.23. The molecule has 0 aromatic heterocycles. The van der Waals surface area contributed by atoms with E-state index in [0.717, 1.165) is 73.3 Å². The minimum atomic E-state index is -0.0461. The number of aliphatic hydroxyl groups excluding tert-OH is 1. The molecule has 2 aromatic rings. The molecule has 8 heteroatoms. The maximum absolute atomic E-state index is 11.4. The fourth-order valence-electron chi connectivity index (χ4n) is 4.14. The van der Waals surface area contributed by atoms with Gasteiger partial charge in [0.05, 0.1) is 6.04 Å². The number of likely N-dealkylation sites (N-methyl/N-ethyl adjacent to an activating group) is 1. The SMILES string of the molecule is CCN1CCN(C=O)CC1.CCO.Cc1ccc(C2C=C(c3cc(Br)ccc3N)CCN2C=O)cc1. The van der Waals surface area contributed by atoms with Gasteiger partial charge in [0.15, 0.2) is 0 Å². The van der Waals surface area contributed by atoms with Crippen molar-refractivity contribution in [3.05, 3.63) is 69.7 Å². The number of rotatable bonds is 5. The summed E-state index contributed by atoms with van der Waals surface area (Å²) in [5.41, 5.74) is 11.5. The van der Waals surface area contributed by atoms with E-state index in [-0.39, 0.29) is 12.6 Å². The summed E-state index contributed by atoms with van der Waals surface area (Å²) in [6.07, 6.45) is 4.83. The molecule has 2 heterocycles. The molecule has 0 radical (unpaired) electrons. The number of carbonyl (C=O) groups excluding carboxylic acids is 2. The Morgan fingerprint density at radius 2 is 1.64 bits per heavy atom. The van der Waals surface area contributed by atoms with E-state index in [9.17, 15) is 9.59 Å². The van der Waals surface area contributed by atoms with Crippen LogP contribution in [0, 0.1) is 6.92 Å². The molecule has 0 spiro atoms. The number of aryl methyl sites for hydroxylation is 1. The number of anilines is 1. The number of piperazine rings is 1. The maximum atomic E-state index is 11.4. The van der Waals surface area contributed by atoms with Crippen LogP contribution in [0.25, 0.3) is 5.57 Å². The zero-order chi connectivity index (χ0) is 26.5. The molecule has 3 N–H and O–H groups in total. The lowest BCUT2D eigenvalue weighted by atomic mass is 9.91. The molecule has 2 aliphatic rings. The van der Waals surface area contributed by atoms with Gasteiger partial charge in [-0.3, -0.25) is 9.59 Å². The van der Waals surface area contributed by atoms with Crippen LogP contribution < -0.4 is 5.73 Å². The predicted octanol–water partition coefficient (Wildman–Crippen LogP) is 4.11. The summed E-state index contributed by atoms with van der Waals surface area (Å²) in [6, 6.07) is 14.2. The van der Waals surface area contributed by atoms with Gasteiger partial charge in [-0.1, -0.05) is 58.8 Å². The summed E-state index contributed by atoms with van der Waals surface area (Å²) in [5, 5.41) is 7.57. The number of nitrogens with zero attached hydrogens (tertiary/aromatic N) is 3. The lowest BCUT2D eigenvalue weighted by Crippen LogP contribution is -2.45. The quantitative estimate of drug-likeness (QED) is 0.425. The fourth-order valence-corrected chi connectivity index (χ4v) is 4.50. The van der Waals surface area contributed by atoms with E-state index in [4.69, 9.17) is 10.8 Å². The number of amides is 2. The third-order valence-corrected chi connectivity index (χ3v) is 6.77. The molecule has 0 bridgehead atoms. The zero-order valence-electron chi connectivity index (χ0n) is 21.6. The molecule has 1 fully saturated rings. The van der Waals surface area contributed by atoms with Crippen molar-refractivity contribution in [1.29, 1.82) is 0 Å². The standard InChI is InChI=1S/C19H19BrN2O.C7H14N2O.C2H6O/c1-13-2-4-14(5-3-13)19-10-15(8-9-22(19)12-23)17-11-16(20)6-7-18(17)21;1-2-8-3-5-9(7-10)6-4-8;1-2-3/h2-7,10-12,19H,8-9,21H2,1H3;7H,2-6H2,1H3;3H,2H2,1H3. The molecule has 0 aliphatic carbocycles. The Kier molecular flexibility index (Phi) is 12.7. The third kappa shape index (κ3) is 8.76. The van der Waals surface area contributed by atoms with Crippen LogP contribution in [0.5, 0.6) is 0 Å². The van der Waals surface area contributed by atoms with Crippen LogP contribution >= 0.6 is 15.9 Å². The van der Waals surface area contributed by atoms with Gasteiger partial charge in [0.1, 0.15) is 0 Å². The van der Waals surface area contributed by atoms with Crippen molar-refractivity contribution >= 4 is 40.0 Å². The first-order valence-electron chi connectivity index (χ1n) is 12.4. The Hall–Kier alpha value is -2.68. The number of halogens is 1. The number of hydrogen-bond donors (Lipinski definition) is 2. The molecule has 2 aliphatic heterocycles. The molecule has 0 saturated carbocycles. The van der Waals surface area contributed by atoms with E-state index in [0.29, 0.717) is 6.54 Å². The van der Waals surface area contributed by atoms with E-state index in [1.807, 2.05) is 28.0 Å². The van der Waals surface area contributed by atoms with Crippen LogP contribution in [-0.2, 0) is 9.59 Å². The molecule has 2 amide bonds. The second kappa shape index (κ2) is 15.4. The average Bonchev–Trinajstić information content (AvgIpc) is 2.91. The molecule has 1 unspecified atom stereocenters. The molecule has 1 atom stereocenters. The lowest BCUT2D eigenvalue weighted by Gasteiger charge is -2.32. The normalized spacial score (nSPS) is 17.7. The lowest BCUT2D eigenvalue weighted by molar-refractivity contribution is -0.120. The van der Waals surface area contributed by atoms with Gasteiger partial charge in [0.25, 0.3) is 0 Å². The Morgan fingerprint density at radius 1 is 1.00 bits per heavy atom. The first kappa shape index (κ1) is 29.5. The van der Waals surface area contributed by atoms with Crippen LogP contribution in [0.2, 0.25) is 0 Å². The van der Waals surface area contributed by atoms with E-state index in [2.05, 4.69) is 65.0 Å². The number of hydrogen-bond acceptors (Lipinski definition) is 5. The van der Waals surface area contributed by atoms with E-state index in [1.54, 1.807) is 6.92 Å². The van der Waals surface area contributed by atoms with Crippen LogP contribution in [0.4, 0.5) is 5.69 Å². The Labute approximate surface area is 223 Å². The van der Waals surface area contributed by atoms with Crippen LogP contribution in [0.15, 0.2) is 53.0 Å². The van der Waals surface area contributed by atoms with Gasteiger partial charge < -0.3 is 25.5 Å². The minimum absolute atomic E-state index is 0.0461. The summed E-state index contributed by atoms with van der Waals surface area (Å²) in [4.78, 5) is 27.7. The Morgan fingerprint density at radius 3 is 2.19 bits per heavy atom. The van der Waals surface area contributed by atoms with Gasteiger partial charge in [-0.05, 0) is 56.1 Å². The molecule has 36 heavy (non-hydrogen) atoms. The van der Waals surface area contributed by atoms with E-state index >= 15 is 0 Å². The second-order valence-electron chi connectivity index (χ2n) is 8.76. The number of carbonyl (C=O) groups is 2.